The number of benzene rings is 1. The number of carbonyl (C=O) groups excluding carboxylic acids is 1. The maximum atomic E-state index is 13.2. The molecule has 1 aromatic carbocycles. The molecule has 2 aromatic rings. The number of rotatable bonds is 2. The highest BCUT2D eigenvalue weighted by Gasteiger charge is 2.32. The van der Waals surface area contributed by atoms with Crippen molar-refractivity contribution in [2.75, 3.05) is 0 Å². The van der Waals surface area contributed by atoms with Gasteiger partial charge < -0.3 is 0 Å². The molecule has 3 nitrogen and oxygen atoms in total. The van der Waals surface area contributed by atoms with Gasteiger partial charge in [-0.1, -0.05) is 26.0 Å². The van der Waals surface area contributed by atoms with E-state index >= 15 is 0 Å². The molecule has 0 bridgehead atoms. The number of hydrogen-bond acceptors (Lipinski definition) is 3. The minimum Gasteiger partial charge on any atom is -0.294 e. The van der Waals surface area contributed by atoms with Crippen LogP contribution in [0.5, 0.6) is 0 Å². The fraction of sp³-hybridized carbons (Fsp3) is 0.353. The van der Waals surface area contributed by atoms with Gasteiger partial charge in [0, 0.05) is 19.0 Å². The van der Waals surface area contributed by atoms with Gasteiger partial charge in [0.15, 0.2) is 5.78 Å². The summed E-state index contributed by atoms with van der Waals surface area (Å²) in [6.07, 6.45) is 3.40. The van der Waals surface area contributed by atoms with Crippen molar-refractivity contribution in [2.45, 2.75) is 33.1 Å². The summed E-state index contributed by atoms with van der Waals surface area (Å²) >= 11 is 0. The van der Waals surface area contributed by atoms with E-state index in [9.17, 15) is 9.18 Å². The Hall–Kier alpha value is -2.10. The SMILES string of the molecule is CC1(C)CC(=O)c2cnc(Cc3cccc(F)c3)nc2C1. The number of fused-ring (bicyclic) bond motifs is 1. The molecule has 0 atom stereocenters. The van der Waals surface area contributed by atoms with Crippen LogP contribution in [-0.2, 0) is 12.8 Å². The Morgan fingerprint density at radius 1 is 1.29 bits per heavy atom. The van der Waals surface area contributed by atoms with Crippen LogP contribution in [0.25, 0.3) is 0 Å². The van der Waals surface area contributed by atoms with E-state index in [2.05, 4.69) is 23.8 Å². The van der Waals surface area contributed by atoms with E-state index < -0.39 is 0 Å². The van der Waals surface area contributed by atoms with Gasteiger partial charge in [-0.25, -0.2) is 14.4 Å². The first-order valence-electron chi connectivity index (χ1n) is 7.05. The lowest BCUT2D eigenvalue weighted by Gasteiger charge is -2.29. The van der Waals surface area contributed by atoms with Gasteiger partial charge in [0.1, 0.15) is 11.6 Å². The van der Waals surface area contributed by atoms with Crippen LogP contribution in [-0.4, -0.2) is 15.8 Å². The number of Topliss-reactive ketones (excluding diaryl/α,β-unsaturated/α-hetero) is 1. The van der Waals surface area contributed by atoms with Crippen molar-refractivity contribution >= 4 is 5.78 Å². The molecular weight excluding hydrogens is 267 g/mol. The van der Waals surface area contributed by atoms with Gasteiger partial charge in [-0.05, 0) is 29.5 Å². The van der Waals surface area contributed by atoms with Crippen LogP contribution in [0, 0.1) is 11.2 Å². The maximum Gasteiger partial charge on any atom is 0.166 e. The van der Waals surface area contributed by atoms with Gasteiger partial charge in [0.25, 0.3) is 0 Å². The largest absolute Gasteiger partial charge is 0.294 e. The number of aromatic nitrogens is 2. The van der Waals surface area contributed by atoms with Gasteiger partial charge in [-0.3, -0.25) is 4.79 Å². The van der Waals surface area contributed by atoms with Gasteiger partial charge >= 0.3 is 0 Å². The van der Waals surface area contributed by atoms with E-state index in [1.54, 1.807) is 12.3 Å². The van der Waals surface area contributed by atoms with Gasteiger partial charge in [-0.2, -0.15) is 0 Å². The monoisotopic (exact) mass is 284 g/mol. The fourth-order valence-corrected chi connectivity index (χ4v) is 2.79. The average molecular weight is 284 g/mol. The van der Waals surface area contributed by atoms with Crippen molar-refractivity contribution < 1.29 is 9.18 Å². The van der Waals surface area contributed by atoms with Crippen LogP contribution >= 0.6 is 0 Å². The molecule has 0 fully saturated rings. The Labute approximate surface area is 123 Å². The lowest BCUT2D eigenvalue weighted by Crippen LogP contribution is -2.28. The van der Waals surface area contributed by atoms with Crippen LogP contribution < -0.4 is 0 Å². The van der Waals surface area contributed by atoms with Crippen LogP contribution in [0.1, 0.15) is 47.7 Å². The van der Waals surface area contributed by atoms with Crippen molar-refractivity contribution in [3.8, 4) is 0 Å². The van der Waals surface area contributed by atoms with Crippen LogP contribution in [0.2, 0.25) is 0 Å². The molecule has 0 unspecified atom stereocenters. The Morgan fingerprint density at radius 2 is 2.10 bits per heavy atom. The number of ketones is 1. The number of halogens is 1. The molecular formula is C17H17FN2O. The number of nitrogens with zero attached hydrogens (tertiary/aromatic N) is 2. The van der Waals surface area contributed by atoms with Gasteiger partial charge in [-0.15, -0.1) is 0 Å². The molecule has 108 valence electrons. The quantitative estimate of drug-likeness (QED) is 0.849. The van der Waals surface area contributed by atoms with Crippen LogP contribution in [0.4, 0.5) is 4.39 Å². The molecule has 1 aromatic heterocycles. The summed E-state index contributed by atoms with van der Waals surface area (Å²) < 4.78 is 13.2. The molecule has 0 aliphatic heterocycles. The highest BCUT2D eigenvalue weighted by atomic mass is 19.1. The van der Waals surface area contributed by atoms with Crippen molar-refractivity contribution in [1.82, 2.24) is 9.97 Å². The van der Waals surface area contributed by atoms with E-state index in [0.717, 1.165) is 17.7 Å². The van der Waals surface area contributed by atoms with E-state index in [-0.39, 0.29) is 17.0 Å². The lowest BCUT2D eigenvalue weighted by molar-refractivity contribution is 0.0909. The number of hydrogen-bond donors (Lipinski definition) is 0. The third-order valence-corrected chi connectivity index (χ3v) is 3.75. The first-order chi connectivity index (χ1) is 9.93. The van der Waals surface area contributed by atoms with Crippen molar-refractivity contribution in [3.63, 3.8) is 0 Å². The molecule has 21 heavy (non-hydrogen) atoms. The zero-order valence-corrected chi connectivity index (χ0v) is 12.2. The molecule has 1 aliphatic carbocycles. The third kappa shape index (κ3) is 2.99. The predicted molar refractivity (Wildman–Crippen MR) is 77.7 cm³/mol. The first kappa shape index (κ1) is 13.9. The Bertz CT molecular complexity index is 710. The summed E-state index contributed by atoms with van der Waals surface area (Å²) in [5.74, 6) is 0.477. The van der Waals surface area contributed by atoms with Crippen LogP contribution in [0.15, 0.2) is 30.5 Å². The van der Waals surface area contributed by atoms with Crippen molar-refractivity contribution in [3.05, 3.63) is 58.9 Å². The summed E-state index contributed by atoms with van der Waals surface area (Å²) in [7, 11) is 0. The second kappa shape index (κ2) is 5.02. The second-order valence-electron chi connectivity index (χ2n) is 6.39. The summed E-state index contributed by atoms with van der Waals surface area (Å²) in [5, 5.41) is 0. The maximum absolute atomic E-state index is 13.2. The Kier molecular flexibility index (Phi) is 3.32. The highest BCUT2D eigenvalue weighted by molar-refractivity contribution is 5.98. The minimum absolute atomic E-state index is 0.0610. The molecule has 0 radical (unpaired) electrons. The van der Waals surface area contributed by atoms with Crippen LogP contribution in [0.3, 0.4) is 0 Å². The molecule has 4 heteroatoms. The number of carbonyl (C=O) groups is 1. The molecule has 1 aliphatic rings. The summed E-state index contributed by atoms with van der Waals surface area (Å²) in [6, 6.07) is 6.42. The molecule has 0 saturated heterocycles. The first-order valence-corrected chi connectivity index (χ1v) is 7.05. The smallest absolute Gasteiger partial charge is 0.166 e. The summed E-state index contributed by atoms with van der Waals surface area (Å²) in [5.41, 5.74) is 2.22. The minimum atomic E-state index is -0.262. The van der Waals surface area contributed by atoms with Gasteiger partial charge in [0.2, 0.25) is 0 Å². The normalized spacial score (nSPS) is 16.6. The zero-order valence-electron chi connectivity index (χ0n) is 12.2. The zero-order chi connectivity index (χ0) is 15.0. The third-order valence-electron chi connectivity index (χ3n) is 3.75. The highest BCUT2D eigenvalue weighted by Crippen LogP contribution is 2.33. The molecule has 3 rings (SSSR count). The molecule has 0 saturated carbocycles. The van der Waals surface area contributed by atoms with Gasteiger partial charge in [0.05, 0.1) is 11.3 Å². The fourth-order valence-electron chi connectivity index (χ4n) is 2.79. The summed E-state index contributed by atoms with van der Waals surface area (Å²) in [4.78, 5) is 20.9. The topological polar surface area (TPSA) is 42.9 Å². The standard InChI is InChI=1S/C17H17FN2O/c1-17(2)8-14-13(15(21)9-17)10-19-16(20-14)7-11-4-3-5-12(18)6-11/h3-6,10H,7-9H2,1-2H3. The molecule has 1 heterocycles. The molecule has 0 amide bonds. The average Bonchev–Trinajstić information content (AvgIpc) is 2.36. The van der Waals surface area contributed by atoms with E-state index in [1.165, 1.54) is 12.1 Å². The lowest BCUT2D eigenvalue weighted by atomic mass is 9.76. The Balaban J connectivity index is 1.91. The van der Waals surface area contributed by atoms with E-state index in [0.29, 0.717) is 24.2 Å². The predicted octanol–water partition coefficient (Wildman–Crippen LogP) is 3.36. The summed E-state index contributed by atoms with van der Waals surface area (Å²) in [6.45, 7) is 4.14. The van der Waals surface area contributed by atoms with E-state index in [1.807, 2.05) is 6.07 Å². The van der Waals surface area contributed by atoms with Crippen molar-refractivity contribution in [1.29, 1.82) is 0 Å². The van der Waals surface area contributed by atoms with Crippen molar-refractivity contribution in [2.24, 2.45) is 5.41 Å². The molecule has 0 N–H and O–H groups in total. The Morgan fingerprint density at radius 3 is 2.86 bits per heavy atom. The molecule has 0 spiro atoms. The second-order valence-corrected chi connectivity index (χ2v) is 6.39. The van der Waals surface area contributed by atoms with E-state index in [4.69, 9.17) is 0 Å².